The fourth-order valence-electron chi connectivity index (χ4n) is 2.86. The molecular weight excluding hydrogens is 376 g/mol. The van der Waals surface area contributed by atoms with Gasteiger partial charge in [-0.3, -0.25) is 14.5 Å². The molecule has 0 atom stereocenters. The molecule has 0 aliphatic carbocycles. The van der Waals surface area contributed by atoms with Crippen LogP contribution in [0.1, 0.15) is 31.1 Å². The van der Waals surface area contributed by atoms with Crippen LogP contribution in [0.3, 0.4) is 0 Å². The van der Waals surface area contributed by atoms with E-state index in [1.165, 1.54) is 4.90 Å². The molecule has 0 radical (unpaired) electrons. The Morgan fingerprint density at radius 2 is 1.90 bits per heavy atom. The van der Waals surface area contributed by atoms with E-state index in [4.69, 9.17) is 15.2 Å². The van der Waals surface area contributed by atoms with Crippen LogP contribution in [0.2, 0.25) is 0 Å². The summed E-state index contributed by atoms with van der Waals surface area (Å²) < 4.78 is 10.6. The van der Waals surface area contributed by atoms with E-state index in [1.807, 2.05) is 0 Å². The molecule has 152 valence electrons. The Hall–Kier alpha value is -3.62. The fraction of sp³-hybridized carbons (Fsp3) is 0.300. The van der Waals surface area contributed by atoms with Crippen molar-refractivity contribution in [2.45, 2.75) is 26.4 Å². The van der Waals surface area contributed by atoms with Gasteiger partial charge in [-0.1, -0.05) is 0 Å². The number of carbonyl (C=O) groups is 3. The standard InChI is InChI=1S/C20H22N4O5/c1-4-28-18(26)12-5-7-13(8-6-12)22-16(25)11-24-17-14(9-10-15(21)23-17)29-20(2,3)19(24)27/h5-10H,4,11H2,1-3H3,(H2,21,23)(H,22,25). The topological polar surface area (TPSA) is 124 Å². The molecule has 9 nitrogen and oxygen atoms in total. The summed E-state index contributed by atoms with van der Waals surface area (Å²) >= 11 is 0. The zero-order valence-corrected chi connectivity index (χ0v) is 16.4. The SMILES string of the molecule is CCOC(=O)c1ccc(NC(=O)CN2C(=O)C(C)(C)Oc3ccc(N)nc32)cc1. The molecule has 2 heterocycles. The molecule has 0 saturated heterocycles. The lowest BCUT2D eigenvalue weighted by molar-refractivity contribution is -0.133. The molecule has 0 spiro atoms. The van der Waals surface area contributed by atoms with Crippen LogP contribution in [-0.4, -0.2) is 41.5 Å². The first kappa shape index (κ1) is 20.1. The van der Waals surface area contributed by atoms with Crippen molar-refractivity contribution in [3.63, 3.8) is 0 Å². The fourth-order valence-corrected chi connectivity index (χ4v) is 2.86. The maximum atomic E-state index is 12.8. The Morgan fingerprint density at radius 1 is 1.21 bits per heavy atom. The number of aromatic nitrogens is 1. The van der Waals surface area contributed by atoms with Crippen LogP contribution in [0.5, 0.6) is 5.75 Å². The molecule has 3 N–H and O–H groups in total. The third-order valence-electron chi connectivity index (χ3n) is 4.22. The summed E-state index contributed by atoms with van der Waals surface area (Å²) in [5, 5.41) is 2.70. The van der Waals surface area contributed by atoms with Crippen LogP contribution < -0.4 is 20.7 Å². The van der Waals surface area contributed by atoms with E-state index in [1.54, 1.807) is 57.2 Å². The second-order valence-electron chi connectivity index (χ2n) is 6.91. The molecule has 1 aliphatic rings. The minimum atomic E-state index is -1.15. The number of ether oxygens (including phenoxy) is 2. The first-order valence-electron chi connectivity index (χ1n) is 9.06. The summed E-state index contributed by atoms with van der Waals surface area (Å²) in [6.07, 6.45) is 0. The molecule has 0 unspecified atom stereocenters. The summed E-state index contributed by atoms with van der Waals surface area (Å²) in [7, 11) is 0. The number of carbonyl (C=O) groups excluding carboxylic acids is 3. The third-order valence-corrected chi connectivity index (χ3v) is 4.22. The lowest BCUT2D eigenvalue weighted by Crippen LogP contribution is -2.54. The van der Waals surface area contributed by atoms with E-state index < -0.39 is 23.4 Å². The highest BCUT2D eigenvalue weighted by molar-refractivity contribution is 6.07. The first-order valence-corrected chi connectivity index (χ1v) is 9.06. The van der Waals surface area contributed by atoms with Crippen molar-refractivity contribution in [3.8, 4) is 5.75 Å². The third kappa shape index (κ3) is 4.29. The Morgan fingerprint density at radius 3 is 2.55 bits per heavy atom. The van der Waals surface area contributed by atoms with Gasteiger partial charge in [-0.15, -0.1) is 0 Å². The number of amides is 2. The van der Waals surface area contributed by atoms with Crippen LogP contribution in [0.4, 0.5) is 17.3 Å². The van der Waals surface area contributed by atoms with E-state index in [0.717, 1.165) is 0 Å². The minimum Gasteiger partial charge on any atom is -0.474 e. The number of esters is 1. The average Bonchev–Trinajstić information content (AvgIpc) is 2.67. The number of hydrogen-bond donors (Lipinski definition) is 2. The number of nitrogens with one attached hydrogen (secondary N) is 1. The number of nitrogens with two attached hydrogens (primary N) is 1. The summed E-state index contributed by atoms with van der Waals surface area (Å²) in [4.78, 5) is 42.4. The van der Waals surface area contributed by atoms with Gasteiger partial charge in [-0.05, 0) is 57.2 Å². The number of hydrogen-bond acceptors (Lipinski definition) is 7. The van der Waals surface area contributed by atoms with Crippen molar-refractivity contribution in [1.29, 1.82) is 0 Å². The van der Waals surface area contributed by atoms with Gasteiger partial charge in [0.05, 0.1) is 12.2 Å². The average molecular weight is 398 g/mol. The van der Waals surface area contributed by atoms with Gasteiger partial charge >= 0.3 is 5.97 Å². The Bertz CT molecular complexity index is 956. The monoisotopic (exact) mass is 398 g/mol. The van der Waals surface area contributed by atoms with E-state index in [0.29, 0.717) is 17.0 Å². The van der Waals surface area contributed by atoms with Gasteiger partial charge in [0, 0.05) is 5.69 Å². The van der Waals surface area contributed by atoms with E-state index in [9.17, 15) is 14.4 Å². The summed E-state index contributed by atoms with van der Waals surface area (Å²) in [5.74, 6) is -0.504. The zero-order valence-electron chi connectivity index (χ0n) is 16.4. The zero-order chi connectivity index (χ0) is 21.2. The molecule has 0 saturated carbocycles. The maximum absolute atomic E-state index is 12.8. The van der Waals surface area contributed by atoms with Crippen LogP contribution >= 0.6 is 0 Å². The largest absolute Gasteiger partial charge is 0.474 e. The highest BCUT2D eigenvalue weighted by Gasteiger charge is 2.42. The number of anilines is 3. The van der Waals surface area contributed by atoms with Gasteiger partial charge < -0.3 is 20.5 Å². The number of rotatable bonds is 5. The van der Waals surface area contributed by atoms with Crippen LogP contribution in [0.15, 0.2) is 36.4 Å². The van der Waals surface area contributed by atoms with Crippen molar-refractivity contribution in [1.82, 2.24) is 4.98 Å². The van der Waals surface area contributed by atoms with E-state index in [-0.39, 0.29) is 24.8 Å². The quantitative estimate of drug-likeness (QED) is 0.738. The molecule has 1 aliphatic heterocycles. The van der Waals surface area contributed by atoms with Gasteiger partial charge in [0.1, 0.15) is 12.4 Å². The molecule has 9 heteroatoms. The van der Waals surface area contributed by atoms with Crippen molar-refractivity contribution < 1.29 is 23.9 Å². The molecular formula is C20H22N4O5. The Kier molecular flexibility index (Phi) is 5.40. The van der Waals surface area contributed by atoms with Gasteiger partial charge in [-0.2, -0.15) is 0 Å². The second-order valence-corrected chi connectivity index (χ2v) is 6.91. The predicted octanol–water partition coefficient (Wildman–Crippen LogP) is 1.98. The number of pyridine rings is 1. The first-order chi connectivity index (χ1) is 13.7. The smallest absolute Gasteiger partial charge is 0.338 e. The van der Waals surface area contributed by atoms with Crippen LogP contribution in [-0.2, 0) is 14.3 Å². The van der Waals surface area contributed by atoms with E-state index >= 15 is 0 Å². The predicted molar refractivity (Wildman–Crippen MR) is 107 cm³/mol. The van der Waals surface area contributed by atoms with Gasteiger partial charge in [0.2, 0.25) is 5.91 Å². The van der Waals surface area contributed by atoms with Crippen LogP contribution in [0, 0.1) is 0 Å². The Labute approximate surface area is 167 Å². The van der Waals surface area contributed by atoms with Gasteiger partial charge in [0.15, 0.2) is 17.2 Å². The van der Waals surface area contributed by atoms with Gasteiger partial charge in [-0.25, -0.2) is 9.78 Å². The number of nitrogens with zero attached hydrogens (tertiary/aromatic N) is 2. The summed E-state index contributed by atoms with van der Waals surface area (Å²) in [6, 6.07) is 9.44. The minimum absolute atomic E-state index is 0.196. The highest BCUT2D eigenvalue weighted by Crippen LogP contribution is 2.36. The van der Waals surface area contributed by atoms with E-state index in [2.05, 4.69) is 10.3 Å². The number of nitrogen functional groups attached to an aromatic ring is 1. The summed E-state index contributed by atoms with van der Waals surface area (Å²) in [6.45, 7) is 4.97. The molecule has 1 aromatic heterocycles. The lowest BCUT2D eigenvalue weighted by Gasteiger charge is -2.37. The molecule has 0 fully saturated rings. The van der Waals surface area contributed by atoms with Crippen molar-refractivity contribution in [2.24, 2.45) is 0 Å². The molecule has 2 aromatic rings. The maximum Gasteiger partial charge on any atom is 0.338 e. The lowest BCUT2D eigenvalue weighted by atomic mass is 10.1. The van der Waals surface area contributed by atoms with Crippen molar-refractivity contribution >= 4 is 35.1 Å². The molecule has 3 rings (SSSR count). The molecule has 29 heavy (non-hydrogen) atoms. The van der Waals surface area contributed by atoms with Gasteiger partial charge in [0.25, 0.3) is 5.91 Å². The molecule has 2 amide bonds. The number of fused-ring (bicyclic) bond motifs is 1. The molecule has 1 aromatic carbocycles. The van der Waals surface area contributed by atoms with Crippen molar-refractivity contribution in [3.05, 3.63) is 42.0 Å². The highest BCUT2D eigenvalue weighted by atomic mass is 16.5. The second kappa shape index (κ2) is 7.78. The normalized spacial score (nSPS) is 14.6. The Balaban J connectivity index is 1.75. The van der Waals surface area contributed by atoms with Crippen molar-refractivity contribution in [2.75, 3.05) is 29.1 Å². The van der Waals surface area contributed by atoms with Crippen LogP contribution in [0.25, 0.3) is 0 Å². The number of benzene rings is 1. The summed E-state index contributed by atoms with van der Waals surface area (Å²) in [5.41, 5.74) is 5.44. The molecule has 0 bridgehead atoms.